The van der Waals surface area contributed by atoms with Crippen molar-refractivity contribution in [2.75, 3.05) is 0 Å². The van der Waals surface area contributed by atoms with Crippen LogP contribution in [0.3, 0.4) is 0 Å². The molecule has 0 saturated heterocycles. The molecule has 1 rings (SSSR count). The van der Waals surface area contributed by atoms with Gasteiger partial charge in [-0.25, -0.2) is 0 Å². The first-order valence-corrected chi connectivity index (χ1v) is 17.1. The van der Waals surface area contributed by atoms with Gasteiger partial charge in [-0.15, -0.1) is 0 Å². The Morgan fingerprint density at radius 2 is 0.919 bits per heavy atom. The van der Waals surface area contributed by atoms with Crippen LogP contribution in [-0.2, 0) is 30.6 Å². The highest BCUT2D eigenvalue weighted by Gasteiger charge is 2.16. The molecule has 1 N–H and O–H groups in total. The number of rotatable bonds is 26. The van der Waals surface area contributed by atoms with Gasteiger partial charge in [0.05, 0.1) is 0 Å². The smallest absolute Gasteiger partial charge is 0.357 e. The topological polar surface area (TPSA) is 46.5 Å². The molecule has 3 nitrogen and oxygen atoms in total. The van der Waals surface area contributed by atoms with Crippen LogP contribution in [0.25, 0.3) is 0 Å². The third kappa shape index (κ3) is 17.4. The van der Waals surface area contributed by atoms with Crippen molar-refractivity contribution in [3.8, 4) is 5.75 Å². The Hall–Kier alpha value is -0.870. The maximum Gasteiger partial charge on any atom is 0.357 e. The number of hydrogen-bond donors (Lipinski definition) is 1. The molecule has 1 aromatic carbocycles. The zero-order valence-corrected chi connectivity index (χ0v) is 25.6. The van der Waals surface area contributed by atoms with Crippen molar-refractivity contribution < 1.29 is 12.9 Å². The molecule has 0 aliphatic carbocycles. The van der Waals surface area contributed by atoms with Crippen LogP contribution in [0, 0.1) is 0 Å². The third-order valence-electron chi connectivity index (χ3n) is 7.76. The zero-order valence-electron chi connectivity index (χ0n) is 24.8. The van der Waals surface area contributed by atoms with Crippen molar-refractivity contribution in [3.63, 3.8) is 0 Å². The van der Waals surface area contributed by atoms with E-state index in [0.717, 1.165) is 25.7 Å². The molecule has 1 unspecified atom stereocenters. The highest BCUT2D eigenvalue weighted by molar-refractivity contribution is 7.74. The van der Waals surface area contributed by atoms with Crippen molar-refractivity contribution in [2.24, 2.45) is 0 Å². The molecule has 0 saturated carbocycles. The summed E-state index contributed by atoms with van der Waals surface area (Å²) in [6, 6.07) is 4.15. The molecule has 4 heteroatoms. The van der Waals surface area contributed by atoms with E-state index in [2.05, 4.69) is 26.8 Å². The Kier molecular flexibility index (Phi) is 22.3. The SMILES string of the molecule is CCCCCCCCCc1ccc(OS(=O)O)c(CCCCCCCCC)c1CCCCCCCCC. The van der Waals surface area contributed by atoms with Crippen LogP contribution in [0.5, 0.6) is 5.75 Å². The lowest BCUT2D eigenvalue weighted by atomic mass is 9.89. The number of aryl methyl sites for hydroxylation is 1. The number of benzene rings is 1. The summed E-state index contributed by atoms with van der Waals surface area (Å²) in [4.78, 5) is 0. The number of hydrogen-bond acceptors (Lipinski definition) is 2. The Labute approximate surface area is 233 Å². The first-order chi connectivity index (χ1) is 18.1. The van der Waals surface area contributed by atoms with E-state index >= 15 is 0 Å². The van der Waals surface area contributed by atoms with Gasteiger partial charge in [0.2, 0.25) is 0 Å². The first kappa shape index (κ1) is 34.2. The Morgan fingerprint density at radius 1 is 0.541 bits per heavy atom. The van der Waals surface area contributed by atoms with Crippen LogP contribution in [0.1, 0.15) is 172 Å². The molecule has 0 spiro atoms. The highest BCUT2D eigenvalue weighted by atomic mass is 32.2. The minimum absolute atomic E-state index is 0.632. The van der Waals surface area contributed by atoms with E-state index in [-0.39, 0.29) is 0 Å². The van der Waals surface area contributed by atoms with E-state index in [1.54, 1.807) is 0 Å². The summed E-state index contributed by atoms with van der Waals surface area (Å²) < 4.78 is 26.5. The van der Waals surface area contributed by atoms with Crippen LogP contribution < -0.4 is 4.18 Å². The standard InChI is InChI=1S/C33H60O3S/c1-4-7-10-13-16-19-22-25-30-28-29-33(36-37(34)35)32(27-24-21-18-15-12-9-6-3)31(30)26-23-20-17-14-11-8-5-2/h28-29H,4-27H2,1-3H3,(H,34,35). The summed E-state index contributed by atoms with van der Waals surface area (Å²) in [5.74, 6) is 0.632. The minimum atomic E-state index is -2.28. The van der Waals surface area contributed by atoms with Crippen LogP contribution in [0.4, 0.5) is 0 Å². The second kappa shape index (κ2) is 24.2. The predicted octanol–water partition coefficient (Wildman–Crippen LogP) is 11.1. The molecule has 0 aliphatic rings. The molecule has 0 aromatic heterocycles. The van der Waals surface area contributed by atoms with Crippen LogP contribution >= 0.6 is 0 Å². The monoisotopic (exact) mass is 536 g/mol. The van der Waals surface area contributed by atoms with Crippen molar-refractivity contribution >= 4 is 11.4 Å². The lowest BCUT2D eigenvalue weighted by Crippen LogP contribution is -2.07. The van der Waals surface area contributed by atoms with Gasteiger partial charge in [0, 0.05) is 0 Å². The van der Waals surface area contributed by atoms with Gasteiger partial charge in [-0.1, -0.05) is 142 Å². The third-order valence-corrected chi connectivity index (χ3v) is 8.08. The molecule has 37 heavy (non-hydrogen) atoms. The van der Waals surface area contributed by atoms with Crippen LogP contribution in [0.2, 0.25) is 0 Å². The van der Waals surface area contributed by atoms with E-state index in [4.69, 9.17) is 4.18 Å². The second-order valence-electron chi connectivity index (χ2n) is 11.1. The predicted molar refractivity (Wildman–Crippen MR) is 163 cm³/mol. The van der Waals surface area contributed by atoms with Crippen molar-refractivity contribution in [1.82, 2.24) is 0 Å². The average molecular weight is 537 g/mol. The molecule has 0 heterocycles. The molecular weight excluding hydrogens is 476 g/mol. The lowest BCUT2D eigenvalue weighted by molar-refractivity contribution is 0.453. The zero-order chi connectivity index (χ0) is 27.0. The van der Waals surface area contributed by atoms with E-state index in [0.29, 0.717) is 5.75 Å². The van der Waals surface area contributed by atoms with Crippen LogP contribution in [0.15, 0.2) is 12.1 Å². The molecule has 0 aliphatic heterocycles. The van der Waals surface area contributed by atoms with Gasteiger partial charge in [0.25, 0.3) is 0 Å². The fourth-order valence-electron chi connectivity index (χ4n) is 5.48. The molecule has 0 bridgehead atoms. The largest absolute Gasteiger partial charge is 0.380 e. The first-order valence-electron chi connectivity index (χ1n) is 16.1. The van der Waals surface area contributed by atoms with E-state index in [1.807, 2.05) is 6.07 Å². The van der Waals surface area contributed by atoms with Crippen molar-refractivity contribution in [1.29, 1.82) is 0 Å². The minimum Gasteiger partial charge on any atom is -0.380 e. The van der Waals surface area contributed by atoms with Gasteiger partial charge < -0.3 is 4.18 Å². The average Bonchev–Trinajstić information content (AvgIpc) is 2.88. The number of unbranched alkanes of at least 4 members (excludes halogenated alkanes) is 18. The summed E-state index contributed by atoms with van der Waals surface area (Å²) in [7, 11) is 0. The Morgan fingerprint density at radius 3 is 1.35 bits per heavy atom. The molecule has 1 atom stereocenters. The summed E-state index contributed by atoms with van der Waals surface area (Å²) >= 11 is -2.28. The molecule has 0 fully saturated rings. The fourth-order valence-corrected chi connectivity index (χ4v) is 5.79. The molecule has 216 valence electrons. The molecule has 0 amide bonds. The lowest BCUT2D eigenvalue weighted by Gasteiger charge is -2.19. The Balaban J connectivity index is 2.85. The quantitative estimate of drug-likeness (QED) is 0.0945. The van der Waals surface area contributed by atoms with Gasteiger partial charge >= 0.3 is 11.4 Å². The highest BCUT2D eigenvalue weighted by Crippen LogP contribution is 2.31. The Bertz CT molecular complexity index is 688. The van der Waals surface area contributed by atoms with Crippen molar-refractivity contribution in [2.45, 2.75) is 175 Å². The summed E-state index contributed by atoms with van der Waals surface area (Å²) in [5, 5.41) is 0. The van der Waals surface area contributed by atoms with Gasteiger partial charge in [-0.2, -0.15) is 4.21 Å². The van der Waals surface area contributed by atoms with Crippen LogP contribution in [-0.4, -0.2) is 8.76 Å². The van der Waals surface area contributed by atoms with Gasteiger partial charge in [-0.3, -0.25) is 4.55 Å². The molecule has 0 radical (unpaired) electrons. The van der Waals surface area contributed by atoms with Gasteiger partial charge in [0.15, 0.2) is 0 Å². The van der Waals surface area contributed by atoms with E-state index < -0.39 is 11.4 Å². The van der Waals surface area contributed by atoms with E-state index in [9.17, 15) is 8.76 Å². The normalized spacial score (nSPS) is 12.2. The fraction of sp³-hybridized carbons (Fsp3) is 0.818. The summed E-state index contributed by atoms with van der Waals surface area (Å²) in [6.07, 6.45) is 30.5. The van der Waals surface area contributed by atoms with Gasteiger partial charge in [0.1, 0.15) is 5.75 Å². The molecular formula is C33H60O3S. The summed E-state index contributed by atoms with van der Waals surface area (Å²) in [6.45, 7) is 6.81. The molecule has 1 aromatic rings. The second-order valence-corrected chi connectivity index (χ2v) is 11.7. The summed E-state index contributed by atoms with van der Waals surface area (Å²) in [5.41, 5.74) is 4.09. The van der Waals surface area contributed by atoms with E-state index in [1.165, 1.54) is 145 Å². The maximum absolute atomic E-state index is 11.6. The van der Waals surface area contributed by atoms with Gasteiger partial charge in [-0.05, 0) is 61.3 Å². The maximum atomic E-state index is 11.6. The van der Waals surface area contributed by atoms with Crippen molar-refractivity contribution in [3.05, 3.63) is 28.8 Å².